The SMILES string of the molecule is O=C(O)C1CCCc2c(Br)nc(-c3cccc(F)c3)n21. The molecule has 0 saturated heterocycles. The predicted octanol–water partition coefficient (Wildman–Crippen LogP) is 3.41. The Labute approximate surface area is 123 Å². The number of aliphatic carboxylic acids is 1. The molecule has 0 saturated carbocycles. The smallest absolute Gasteiger partial charge is 0.326 e. The number of nitrogens with zero attached hydrogens (tertiary/aromatic N) is 2. The highest BCUT2D eigenvalue weighted by molar-refractivity contribution is 9.10. The summed E-state index contributed by atoms with van der Waals surface area (Å²) in [5.74, 6) is -0.745. The van der Waals surface area contributed by atoms with Crippen LogP contribution in [0, 0.1) is 5.82 Å². The summed E-state index contributed by atoms with van der Waals surface area (Å²) in [6.07, 6.45) is 2.14. The van der Waals surface area contributed by atoms with Crippen LogP contribution in [0.4, 0.5) is 4.39 Å². The molecule has 0 fully saturated rings. The molecule has 1 aromatic heterocycles. The predicted molar refractivity (Wildman–Crippen MR) is 74.9 cm³/mol. The van der Waals surface area contributed by atoms with Gasteiger partial charge in [-0.3, -0.25) is 0 Å². The van der Waals surface area contributed by atoms with Gasteiger partial charge >= 0.3 is 5.97 Å². The van der Waals surface area contributed by atoms with Crippen LogP contribution in [0.2, 0.25) is 0 Å². The van der Waals surface area contributed by atoms with E-state index in [4.69, 9.17) is 0 Å². The second kappa shape index (κ2) is 5.01. The largest absolute Gasteiger partial charge is 0.480 e. The Bertz CT molecular complexity index is 684. The van der Waals surface area contributed by atoms with E-state index in [1.807, 2.05) is 0 Å². The minimum Gasteiger partial charge on any atom is -0.480 e. The van der Waals surface area contributed by atoms with Crippen molar-refractivity contribution in [2.24, 2.45) is 0 Å². The lowest BCUT2D eigenvalue weighted by molar-refractivity contribution is -0.141. The molecule has 0 radical (unpaired) electrons. The van der Waals surface area contributed by atoms with Crippen molar-refractivity contribution in [2.45, 2.75) is 25.3 Å². The topological polar surface area (TPSA) is 55.1 Å². The molecule has 0 aliphatic carbocycles. The minimum atomic E-state index is -0.881. The molecule has 1 unspecified atom stereocenters. The van der Waals surface area contributed by atoms with Crippen LogP contribution in [0.5, 0.6) is 0 Å². The van der Waals surface area contributed by atoms with Gasteiger partial charge in [0.05, 0.1) is 5.69 Å². The van der Waals surface area contributed by atoms with Crippen molar-refractivity contribution in [1.29, 1.82) is 0 Å². The van der Waals surface area contributed by atoms with Gasteiger partial charge in [-0.15, -0.1) is 0 Å². The van der Waals surface area contributed by atoms with Gasteiger partial charge in [-0.25, -0.2) is 14.2 Å². The second-order valence-electron chi connectivity index (χ2n) is 4.80. The summed E-state index contributed by atoms with van der Waals surface area (Å²) in [6.45, 7) is 0. The Morgan fingerprint density at radius 2 is 2.30 bits per heavy atom. The first-order valence-corrected chi connectivity index (χ1v) is 7.12. The Morgan fingerprint density at radius 1 is 1.50 bits per heavy atom. The normalized spacial score (nSPS) is 17.8. The zero-order valence-corrected chi connectivity index (χ0v) is 12.1. The molecule has 1 N–H and O–H groups in total. The monoisotopic (exact) mass is 338 g/mol. The van der Waals surface area contributed by atoms with Crippen molar-refractivity contribution in [3.05, 3.63) is 40.4 Å². The third-order valence-electron chi connectivity index (χ3n) is 3.53. The molecule has 1 aliphatic rings. The number of aromatic nitrogens is 2. The highest BCUT2D eigenvalue weighted by atomic mass is 79.9. The van der Waals surface area contributed by atoms with E-state index in [0.29, 0.717) is 22.4 Å². The molecule has 6 heteroatoms. The van der Waals surface area contributed by atoms with E-state index in [1.54, 1.807) is 16.7 Å². The summed E-state index contributed by atoms with van der Waals surface area (Å²) >= 11 is 3.38. The van der Waals surface area contributed by atoms with Crippen molar-refractivity contribution < 1.29 is 14.3 Å². The van der Waals surface area contributed by atoms with Crippen LogP contribution >= 0.6 is 15.9 Å². The zero-order chi connectivity index (χ0) is 14.3. The molecule has 1 aliphatic heterocycles. The number of carboxylic acids is 1. The lowest BCUT2D eigenvalue weighted by Gasteiger charge is -2.24. The van der Waals surface area contributed by atoms with E-state index in [2.05, 4.69) is 20.9 Å². The Morgan fingerprint density at radius 3 is 3.00 bits per heavy atom. The zero-order valence-electron chi connectivity index (χ0n) is 10.5. The number of carbonyl (C=O) groups is 1. The van der Waals surface area contributed by atoms with Gasteiger partial charge < -0.3 is 9.67 Å². The molecule has 0 spiro atoms. The first-order chi connectivity index (χ1) is 9.58. The first kappa shape index (κ1) is 13.3. The molecule has 2 heterocycles. The molecule has 20 heavy (non-hydrogen) atoms. The van der Waals surface area contributed by atoms with Crippen molar-refractivity contribution in [2.75, 3.05) is 0 Å². The molecule has 1 atom stereocenters. The third-order valence-corrected chi connectivity index (χ3v) is 4.17. The molecule has 2 aromatic rings. The van der Waals surface area contributed by atoms with Gasteiger partial charge in [-0.05, 0) is 47.3 Å². The fourth-order valence-corrected chi connectivity index (χ4v) is 3.21. The number of hydrogen-bond donors (Lipinski definition) is 1. The third kappa shape index (κ3) is 2.14. The van der Waals surface area contributed by atoms with Gasteiger partial charge in [0.15, 0.2) is 0 Å². The van der Waals surface area contributed by atoms with Gasteiger partial charge in [-0.1, -0.05) is 12.1 Å². The molecule has 3 rings (SSSR count). The number of carboxylic acid groups (broad SMARTS) is 1. The molecule has 0 amide bonds. The average Bonchev–Trinajstić information content (AvgIpc) is 2.76. The van der Waals surface area contributed by atoms with Gasteiger partial charge in [-0.2, -0.15) is 0 Å². The maximum absolute atomic E-state index is 13.4. The second-order valence-corrected chi connectivity index (χ2v) is 5.55. The first-order valence-electron chi connectivity index (χ1n) is 6.33. The fourth-order valence-electron chi connectivity index (χ4n) is 2.65. The summed E-state index contributed by atoms with van der Waals surface area (Å²) in [7, 11) is 0. The van der Waals surface area contributed by atoms with Crippen LogP contribution < -0.4 is 0 Å². The summed E-state index contributed by atoms with van der Waals surface area (Å²) in [5, 5.41) is 9.38. The van der Waals surface area contributed by atoms with E-state index in [9.17, 15) is 14.3 Å². The minimum absolute atomic E-state index is 0.362. The highest BCUT2D eigenvalue weighted by Crippen LogP contribution is 2.35. The van der Waals surface area contributed by atoms with Gasteiger partial charge in [0.25, 0.3) is 0 Å². The average molecular weight is 339 g/mol. The van der Waals surface area contributed by atoms with Crippen LogP contribution in [0.3, 0.4) is 0 Å². The van der Waals surface area contributed by atoms with Crippen LogP contribution in [0.15, 0.2) is 28.9 Å². The Hall–Kier alpha value is -1.69. The van der Waals surface area contributed by atoms with Crippen molar-refractivity contribution in [3.8, 4) is 11.4 Å². The number of imidazole rings is 1. The Kier molecular flexibility index (Phi) is 3.33. The lowest BCUT2D eigenvalue weighted by Crippen LogP contribution is -2.25. The summed E-state index contributed by atoms with van der Waals surface area (Å²) in [5.41, 5.74) is 1.45. The van der Waals surface area contributed by atoms with Crippen molar-refractivity contribution in [1.82, 2.24) is 9.55 Å². The quantitative estimate of drug-likeness (QED) is 0.912. The van der Waals surface area contributed by atoms with E-state index in [0.717, 1.165) is 18.5 Å². The molecule has 0 bridgehead atoms. The molecule has 104 valence electrons. The number of hydrogen-bond acceptors (Lipinski definition) is 2. The van der Waals surface area contributed by atoms with E-state index in [1.165, 1.54) is 12.1 Å². The molecular formula is C14H12BrFN2O2. The lowest BCUT2D eigenvalue weighted by atomic mass is 10.0. The van der Waals surface area contributed by atoms with Gasteiger partial charge in [0, 0.05) is 5.56 Å². The summed E-state index contributed by atoms with van der Waals surface area (Å²) in [6, 6.07) is 5.41. The number of fused-ring (bicyclic) bond motifs is 1. The van der Waals surface area contributed by atoms with Gasteiger partial charge in [0.2, 0.25) is 0 Å². The summed E-state index contributed by atoms with van der Waals surface area (Å²) in [4.78, 5) is 15.8. The highest BCUT2D eigenvalue weighted by Gasteiger charge is 2.31. The maximum Gasteiger partial charge on any atom is 0.326 e. The number of rotatable bonds is 2. The number of benzene rings is 1. The summed E-state index contributed by atoms with van der Waals surface area (Å²) < 4.78 is 15.7. The molecule has 4 nitrogen and oxygen atoms in total. The van der Waals surface area contributed by atoms with Gasteiger partial charge in [0.1, 0.15) is 22.3 Å². The van der Waals surface area contributed by atoms with E-state index < -0.39 is 12.0 Å². The standard InChI is InChI=1S/C14H12BrFN2O2/c15-12-10-5-2-6-11(14(19)20)18(10)13(17-12)8-3-1-4-9(16)7-8/h1,3-4,7,11H,2,5-6H2,(H,19,20). The van der Waals surface area contributed by atoms with E-state index >= 15 is 0 Å². The van der Waals surface area contributed by atoms with Crippen LogP contribution in [0.1, 0.15) is 24.6 Å². The van der Waals surface area contributed by atoms with Crippen LogP contribution in [0.25, 0.3) is 11.4 Å². The van der Waals surface area contributed by atoms with Crippen molar-refractivity contribution in [3.63, 3.8) is 0 Å². The fraction of sp³-hybridized carbons (Fsp3) is 0.286. The number of halogens is 2. The van der Waals surface area contributed by atoms with Crippen LogP contribution in [-0.2, 0) is 11.2 Å². The van der Waals surface area contributed by atoms with Crippen LogP contribution in [-0.4, -0.2) is 20.6 Å². The molecular weight excluding hydrogens is 327 g/mol. The molecule has 1 aromatic carbocycles. The van der Waals surface area contributed by atoms with Crippen molar-refractivity contribution >= 4 is 21.9 Å². The van der Waals surface area contributed by atoms with E-state index in [-0.39, 0.29) is 5.82 Å². The maximum atomic E-state index is 13.4. The Balaban J connectivity index is 2.20.